The van der Waals surface area contributed by atoms with Crippen LogP contribution >= 0.6 is 23.8 Å². The first-order valence-corrected chi connectivity index (χ1v) is 6.43. The number of nitrogens with one attached hydrogen (secondary N) is 2. The number of rotatable bonds is 3. The minimum Gasteiger partial charge on any atom is -0.331 e. The van der Waals surface area contributed by atoms with Crippen LogP contribution in [0.3, 0.4) is 0 Å². The van der Waals surface area contributed by atoms with E-state index in [1.54, 1.807) is 6.21 Å². The van der Waals surface area contributed by atoms with Crippen LogP contribution in [-0.2, 0) is 0 Å². The van der Waals surface area contributed by atoms with Crippen LogP contribution in [0.2, 0.25) is 5.02 Å². The summed E-state index contributed by atoms with van der Waals surface area (Å²) < 4.78 is 0. The number of thiocarbonyl (C=S) groups is 1. The van der Waals surface area contributed by atoms with Gasteiger partial charge in [-0.1, -0.05) is 41.9 Å². The van der Waals surface area contributed by atoms with Crippen molar-refractivity contribution >= 4 is 40.8 Å². The van der Waals surface area contributed by atoms with Gasteiger partial charge in [0.05, 0.1) is 6.21 Å². The van der Waals surface area contributed by atoms with Gasteiger partial charge in [0, 0.05) is 10.7 Å². The van der Waals surface area contributed by atoms with Crippen LogP contribution in [0.5, 0.6) is 0 Å². The van der Waals surface area contributed by atoms with E-state index in [0.29, 0.717) is 10.1 Å². The van der Waals surface area contributed by atoms with Crippen molar-refractivity contribution in [2.24, 2.45) is 5.10 Å². The fraction of sp³-hybridized carbons (Fsp3) is 0. The normalized spacial score (nSPS) is 10.4. The Labute approximate surface area is 122 Å². The van der Waals surface area contributed by atoms with E-state index in [1.807, 2.05) is 54.6 Å². The smallest absolute Gasteiger partial charge is 0.191 e. The number of hydrogen-bond acceptors (Lipinski definition) is 2. The summed E-state index contributed by atoms with van der Waals surface area (Å²) in [6, 6.07) is 17.0. The molecule has 0 aliphatic rings. The van der Waals surface area contributed by atoms with Crippen molar-refractivity contribution in [2.75, 3.05) is 5.32 Å². The fourth-order valence-electron chi connectivity index (χ4n) is 1.39. The van der Waals surface area contributed by atoms with E-state index in [9.17, 15) is 0 Å². The lowest BCUT2D eigenvalue weighted by Crippen LogP contribution is -2.23. The molecule has 2 aromatic rings. The van der Waals surface area contributed by atoms with E-state index >= 15 is 0 Å². The molecular formula is C14H12ClN3S. The Kier molecular flexibility index (Phi) is 4.89. The maximum absolute atomic E-state index is 5.80. The van der Waals surface area contributed by atoms with E-state index in [4.69, 9.17) is 23.8 Å². The highest BCUT2D eigenvalue weighted by Gasteiger charge is 1.94. The summed E-state index contributed by atoms with van der Waals surface area (Å²) in [6.07, 6.45) is 1.68. The van der Waals surface area contributed by atoms with Crippen LogP contribution in [0.25, 0.3) is 0 Å². The van der Waals surface area contributed by atoms with Crippen molar-refractivity contribution in [2.45, 2.75) is 0 Å². The molecule has 0 fully saturated rings. The van der Waals surface area contributed by atoms with Crippen molar-refractivity contribution in [1.29, 1.82) is 0 Å². The quantitative estimate of drug-likeness (QED) is 0.514. The molecule has 0 atom stereocenters. The van der Waals surface area contributed by atoms with Crippen LogP contribution < -0.4 is 10.7 Å². The summed E-state index contributed by atoms with van der Waals surface area (Å²) in [4.78, 5) is 0. The Morgan fingerprint density at radius 2 is 1.74 bits per heavy atom. The molecule has 19 heavy (non-hydrogen) atoms. The van der Waals surface area contributed by atoms with Gasteiger partial charge in [0.25, 0.3) is 0 Å². The minimum atomic E-state index is 0.441. The number of para-hydroxylation sites is 1. The monoisotopic (exact) mass is 289 g/mol. The Morgan fingerprint density at radius 1 is 1.05 bits per heavy atom. The van der Waals surface area contributed by atoms with Gasteiger partial charge in [-0.05, 0) is 42.0 Å². The molecule has 0 aliphatic heterocycles. The van der Waals surface area contributed by atoms with Crippen LogP contribution in [0.15, 0.2) is 59.7 Å². The molecule has 0 aromatic heterocycles. The zero-order valence-corrected chi connectivity index (χ0v) is 11.6. The predicted molar refractivity (Wildman–Crippen MR) is 84.8 cm³/mol. The molecule has 0 saturated heterocycles. The number of nitrogens with zero attached hydrogens (tertiary/aromatic N) is 1. The van der Waals surface area contributed by atoms with Gasteiger partial charge in [0.2, 0.25) is 0 Å². The maximum Gasteiger partial charge on any atom is 0.191 e. The summed E-state index contributed by atoms with van der Waals surface area (Å²) in [6.45, 7) is 0. The van der Waals surface area contributed by atoms with Crippen molar-refractivity contribution in [3.63, 3.8) is 0 Å². The van der Waals surface area contributed by atoms with Crippen LogP contribution in [0, 0.1) is 0 Å². The molecule has 2 rings (SSSR count). The van der Waals surface area contributed by atoms with E-state index in [1.165, 1.54) is 0 Å². The molecule has 0 bridgehead atoms. The molecule has 0 spiro atoms. The average Bonchev–Trinajstić information content (AvgIpc) is 2.42. The molecule has 0 amide bonds. The first-order valence-electron chi connectivity index (χ1n) is 5.65. The average molecular weight is 290 g/mol. The number of hydrazone groups is 1. The van der Waals surface area contributed by atoms with Crippen molar-refractivity contribution < 1.29 is 0 Å². The molecule has 96 valence electrons. The second-order valence-electron chi connectivity index (χ2n) is 3.74. The lowest BCUT2D eigenvalue weighted by atomic mass is 10.2. The lowest BCUT2D eigenvalue weighted by Gasteiger charge is -2.06. The SMILES string of the molecule is S=C(NN=Cc1ccc(Cl)cc1)Nc1ccccc1. The van der Waals surface area contributed by atoms with Gasteiger partial charge < -0.3 is 5.32 Å². The second-order valence-corrected chi connectivity index (χ2v) is 4.59. The highest BCUT2D eigenvalue weighted by Crippen LogP contribution is 2.07. The van der Waals surface area contributed by atoms with Gasteiger partial charge in [-0.15, -0.1) is 0 Å². The maximum atomic E-state index is 5.80. The van der Waals surface area contributed by atoms with Crippen molar-refractivity contribution in [3.8, 4) is 0 Å². The highest BCUT2D eigenvalue weighted by atomic mass is 35.5. The summed E-state index contributed by atoms with van der Waals surface area (Å²) in [5.74, 6) is 0. The van der Waals surface area contributed by atoms with E-state index in [0.717, 1.165) is 11.3 Å². The summed E-state index contributed by atoms with van der Waals surface area (Å²) in [5, 5.41) is 8.21. The van der Waals surface area contributed by atoms with Gasteiger partial charge in [-0.25, -0.2) is 0 Å². The van der Waals surface area contributed by atoms with Crippen molar-refractivity contribution in [3.05, 3.63) is 65.2 Å². The number of hydrogen-bond donors (Lipinski definition) is 2. The number of halogens is 1. The second kappa shape index (κ2) is 6.87. The highest BCUT2D eigenvalue weighted by molar-refractivity contribution is 7.80. The fourth-order valence-corrected chi connectivity index (χ4v) is 1.69. The first-order chi connectivity index (χ1) is 9.24. The number of benzene rings is 2. The molecule has 0 heterocycles. The summed E-state index contributed by atoms with van der Waals surface area (Å²) >= 11 is 10.9. The van der Waals surface area contributed by atoms with Crippen LogP contribution in [0.4, 0.5) is 5.69 Å². The third-order valence-corrected chi connectivity index (χ3v) is 2.73. The molecule has 0 aliphatic carbocycles. The van der Waals surface area contributed by atoms with Crippen molar-refractivity contribution in [1.82, 2.24) is 5.43 Å². The third-order valence-electron chi connectivity index (χ3n) is 2.28. The topological polar surface area (TPSA) is 36.4 Å². The minimum absolute atomic E-state index is 0.441. The first kappa shape index (κ1) is 13.5. The zero-order valence-electron chi connectivity index (χ0n) is 10.0. The van der Waals surface area contributed by atoms with E-state index in [-0.39, 0.29) is 0 Å². The molecule has 3 nitrogen and oxygen atoms in total. The standard InChI is InChI=1S/C14H12ClN3S/c15-12-8-6-11(7-9-12)10-16-18-14(19)17-13-4-2-1-3-5-13/h1-10H,(H2,17,18,19). The molecule has 2 aromatic carbocycles. The van der Waals surface area contributed by atoms with Gasteiger partial charge in [0.15, 0.2) is 5.11 Å². The van der Waals surface area contributed by atoms with Crippen LogP contribution in [0.1, 0.15) is 5.56 Å². The Morgan fingerprint density at radius 3 is 2.42 bits per heavy atom. The Balaban J connectivity index is 1.85. The zero-order chi connectivity index (χ0) is 13.5. The van der Waals surface area contributed by atoms with E-state index in [2.05, 4.69) is 15.8 Å². The molecule has 0 saturated carbocycles. The Bertz CT molecular complexity index is 567. The van der Waals surface area contributed by atoms with Crippen LogP contribution in [-0.4, -0.2) is 11.3 Å². The molecule has 0 radical (unpaired) electrons. The van der Waals surface area contributed by atoms with Gasteiger partial charge in [-0.2, -0.15) is 5.10 Å². The third kappa shape index (κ3) is 4.69. The predicted octanol–water partition coefficient (Wildman–Crippen LogP) is 3.66. The largest absolute Gasteiger partial charge is 0.331 e. The Hall–Kier alpha value is -1.91. The number of anilines is 1. The summed E-state index contributed by atoms with van der Waals surface area (Å²) in [7, 11) is 0. The van der Waals surface area contributed by atoms with Gasteiger partial charge in [0.1, 0.15) is 0 Å². The molecule has 0 unspecified atom stereocenters. The lowest BCUT2D eigenvalue weighted by molar-refractivity contribution is 1.05. The van der Waals surface area contributed by atoms with Gasteiger partial charge in [-0.3, -0.25) is 5.43 Å². The molecule has 5 heteroatoms. The molecular weight excluding hydrogens is 278 g/mol. The van der Waals surface area contributed by atoms with E-state index < -0.39 is 0 Å². The van der Waals surface area contributed by atoms with Gasteiger partial charge >= 0.3 is 0 Å². The molecule has 2 N–H and O–H groups in total. The summed E-state index contributed by atoms with van der Waals surface area (Å²) in [5.41, 5.74) is 4.61.